The van der Waals surface area contributed by atoms with Gasteiger partial charge in [-0.25, -0.2) is 0 Å². The zero-order valence-electron chi connectivity index (χ0n) is 24.1. The summed E-state index contributed by atoms with van der Waals surface area (Å²) >= 11 is 0. The Morgan fingerprint density at radius 1 is 0.788 bits per heavy atom. The Bertz CT molecular complexity index is 692. The van der Waals surface area contributed by atoms with E-state index in [0.717, 1.165) is 6.29 Å². The molecule has 0 N–H and O–H groups in total. The standard InChI is InChI=1S/C24H51BO5Si3/c1-21(2,3)31(10,11)27-17-24(16-26)19(30-33(14,15)23(7,8)9)18(20(25)28-24)29-32(12,13)22(4,5)6/h16,18-20H,17H2,1-15H3/t18-,19+,20-,24-/m1/s1. The van der Waals surface area contributed by atoms with E-state index in [-0.39, 0.29) is 21.7 Å². The quantitative estimate of drug-likeness (QED) is 0.283. The fourth-order valence-corrected chi connectivity index (χ4v) is 6.53. The number of hydrogen-bond donors (Lipinski definition) is 0. The van der Waals surface area contributed by atoms with Crippen LogP contribution in [0.15, 0.2) is 0 Å². The third-order valence-electron chi connectivity index (χ3n) is 8.59. The molecule has 0 aromatic heterocycles. The Balaban J connectivity index is 3.49. The molecule has 1 fully saturated rings. The van der Waals surface area contributed by atoms with Crippen molar-refractivity contribution in [3.05, 3.63) is 0 Å². The summed E-state index contributed by atoms with van der Waals surface area (Å²) in [5.74, 6) is 0. The van der Waals surface area contributed by atoms with Gasteiger partial charge in [0.05, 0.1) is 12.7 Å². The Labute approximate surface area is 208 Å². The van der Waals surface area contributed by atoms with Gasteiger partial charge in [-0.05, 0) is 54.4 Å². The summed E-state index contributed by atoms with van der Waals surface area (Å²) in [5.41, 5.74) is -1.29. The molecule has 0 aromatic rings. The molecule has 1 rings (SSSR count). The van der Waals surface area contributed by atoms with E-state index in [2.05, 4.69) is 102 Å². The first-order chi connectivity index (χ1) is 14.3. The van der Waals surface area contributed by atoms with Crippen LogP contribution in [0.1, 0.15) is 62.3 Å². The molecule has 192 valence electrons. The number of aldehydes is 1. The third kappa shape index (κ3) is 6.71. The minimum Gasteiger partial charge on any atom is -0.413 e. The molecule has 0 saturated carbocycles. The van der Waals surface area contributed by atoms with Gasteiger partial charge in [0, 0.05) is 6.00 Å². The van der Waals surface area contributed by atoms with E-state index in [1.54, 1.807) is 0 Å². The van der Waals surface area contributed by atoms with E-state index < -0.39 is 48.8 Å². The van der Waals surface area contributed by atoms with Crippen molar-refractivity contribution >= 4 is 39.1 Å². The lowest BCUT2D eigenvalue weighted by atomic mass is 9.90. The maximum absolute atomic E-state index is 12.7. The van der Waals surface area contributed by atoms with Crippen LogP contribution in [0.4, 0.5) is 0 Å². The van der Waals surface area contributed by atoms with E-state index in [9.17, 15) is 4.79 Å². The molecule has 0 spiro atoms. The van der Waals surface area contributed by atoms with E-state index in [0.29, 0.717) is 0 Å². The van der Waals surface area contributed by atoms with Crippen molar-refractivity contribution in [3.8, 4) is 0 Å². The number of rotatable bonds is 8. The molecule has 1 aliphatic heterocycles. The summed E-state index contributed by atoms with van der Waals surface area (Å²) in [6.45, 7) is 32.9. The van der Waals surface area contributed by atoms with Gasteiger partial charge in [-0.2, -0.15) is 0 Å². The van der Waals surface area contributed by atoms with Crippen molar-refractivity contribution in [2.45, 2.75) is 141 Å². The topological polar surface area (TPSA) is 54.0 Å². The molecule has 9 heteroatoms. The summed E-state index contributed by atoms with van der Waals surface area (Å²) in [6, 6.07) is -0.762. The van der Waals surface area contributed by atoms with Crippen LogP contribution >= 0.6 is 0 Å². The highest BCUT2D eigenvalue weighted by Gasteiger charge is 2.60. The van der Waals surface area contributed by atoms with Crippen LogP contribution in [0.2, 0.25) is 54.4 Å². The largest absolute Gasteiger partial charge is 0.413 e. The number of carbonyl (C=O) groups is 1. The second-order valence-electron chi connectivity index (χ2n) is 14.3. The van der Waals surface area contributed by atoms with Gasteiger partial charge in [0.15, 0.2) is 36.8 Å². The minimum atomic E-state index is -2.28. The molecule has 1 aliphatic rings. The Morgan fingerprint density at radius 2 is 1.18 bits per heavy atom. The van der Waals surface area contributed by atoms with Crippen molar-refractivity contribution in [1.82, 2.24) is 0 Å². The van der Waals surface area contributed by atoms with Gasteiger partial charge in [-0.1, -0.05) is 62.3 Å². The van der Waals surface area contributed by atoms with Crippen LogP contribution in [-0.4, -0.2) is 69.5 Å². The second-order valence-corrected chi connectivity index (χ2v) is 28.7. The molecular weight excluding hydrogens is 463 g/mol. The molecule has 0 bridgehead atoms. The first-order valence-electron chi connectivity index (χ1n) is 12.2. The second kappa shape index (κ2) is 9.59. The first kappa shape index (κ1) is 31.3. The maximum atomic E-state index is 12.7. The molecule has 4 atom stereocenters. The van der Waals surface area contributed by atoms with Gasteiger partial charge in [0.25, 0.3) is 0 Å². The van der Waals surface area contributed by atoms with E-state index in [1.807, 2.05) is 0 Å². The summed E-state index contributed by atoms with van der Waals surface area (Å²) in [7, 11) is -0.101. The fourth-order valence-electron chi connectivity index (χ4n) is 2.90. The van der Waals surface area contributed by atoms with Crippen LogP contribution in [0.25, 0.3) is 0 Å². The van der Waals surface area contributed by atoms with Crippen molar-refractivity contribution in [1.29, 1.82) is 0 Å². The van der Waals surface area contributed by atoms with Crippen molar-refractivity contribution in [3.63, 3.8) is 0 Å². The van der Waals surface area contributed by atoms with Crippen molar-refractivity contribution in [2.75, 3.05) is 6.61 Å². The molecule has 0 unspecified atom stereocenters. The van der Waals surface area contributed by atoms with E-state index in [1.165, 1.54) is 0 Å². The molecule has 2 radical (unpaired) electrons. The molecule has 5 nitrogen and oxygen atoms in total. The SMILES string of the molecule is [B][C@@H]1O[C@](C=O)(CO[Si](C)(C)C(C)(C)C)[C@@H](O[Si](C)(C)C(C)(C)C)[C@H]1O[Si](C)(C)C(C)(C)C. The average Bonchev–Trinajstić information content (AvgIpc) is 2.82. The van der Waals surface area contributed by atoms with Crippen LogP contribution in [0.5, 0.6) is 0 Å². The molecule has 1 saturated heterocycles. The monoisotopic (exact) mass is 514 g/mol. The Morgan fingerprint density at radius 3 is 1.55 bits per heavy atom. The van der Waals surface area contributed by atoms with Gasteiger partial charge >= 0.3 is 0 Å². The Hall–Kier alpha value is 0.226. The van der Waals surface area contributed by atoms with Gasteiger partial charge in [-0.15, -0.1) is 0 Å². The highest BCUT2D eigenvalue weighted by atomic mass is 28.4. The fraction of sp³-hybridized carbons (Fsp3) is 0.958. The first-order valence-corrected chi connectivity index (χ1v) is 21.0. The van der Waals surface area contributed by atoms with Crippen LogP contribution in [0.3, 0.4) is 0 Å². The third-order valence-corrected chi connectivity index (χ3v) is 22.0. The predicted octanol–water partition coefficient (Wildman–Crippen LogP) is 6.25. The van der Waals surface area contributed by atoms with Crippen LogP contribution in [-0.2, 0) is 22.8 Å². The minimum absolute atomic E-state index is 0.00458. The molecule has 1 heterocycles. The molecule has 0 aromatic carbocycles. The number of ether oxygens (including phenoxy) is 1. The molecule has 0 amide bonds. The number of carbonyl (C=O) groups excluding carboxylic acids is 1. The summed E-state index contributed by atoms with van der Waals surface area (Å²) in [6.07, 6.45) is -0.301. The lowest BCUT2D eigenvalue weighted by molar-refractivity contribution is -0.140. The summed E-state index contributed by atoms with van der Waals surface area (Å²) in [5, 5.41) is -0.0565. The number of hydrogen-bond acceptors (Lipinski definition) is 5. The van der Waals surface area contributed by atoms with E-state index >= 15 is 0 Å². The zero-order chi connectivity index (χ0) is 26.5. The predicted molar refractivity (Wildman–Crippen MR) is 147 cm³/mol. The van der Waals surface area contributed by atoms with Gasteiger partial charge in [0.1, 0.15) is 14.0 Å². The summed E-state index contributed by atoms with van der Waals surface area (Å²) < 4.78 is 26.4. The van der Waals surface area contributed by atoms with Crippen molar-refractivity contribution in [2.24, 2.45) is 0 Å². The van der Waals surface area contributed by atoms with E-state index in [4.69, 9.17) is 25.9 Å². The smallest absolute Gasteiger partial charge is 0.192 e. The summed E-state index contributed by atoms with van der Waals surface area (Å²) in [4.78, 5) is 12.7. The van der Waals surface area contributed by atoms with Gasteiger partial charge < -0.3 is 18.0 Å². The lowest BCUT2D eigenvalue weighted by Gasteiger charge is -2.46. The van der Waals surface area contributed by atoms with Crippen LogP contribution in [0, 0.1) is 0 Å². The maximum Gasteiger partial charge on any atom is 0.192 e. The van der Waals surface area contributed by atoms with Crippen LogP contribution < -0.4 is 0 Å². The Kier molecular flexibility index (Phi) is 9.09. The lowest BCUT2D eigenvalue weighted by Crippen LogP contribution is -2.59. The normalized spacial score (nSPS) is 28.3. The zero-order valence-corrected chi connectivity index (χ0v) is 27.1. The molecular formula is C24H51BO5Si3. The molecule has 33 heavy (non-hydrogen) atoms. The average molecular weight is 515 g/mol. The highest BCUT2D eigenvalue weighted by Crippen LogP contribution is 2.46. The molecule has 0 aliphatic carbocycles. The van der Waals surface area contributed by atoms with Crippen molar-refractivity contribution < 1.29 is 22.8 Å². The van der Waals surface area contributed by atoms with Gasteiger partial charge in [0.2, 0.25) is 0 Å². The highest BCUT2D eigenvalue weighted by molar-refractivity contribution is 6.75. The van der Waals surface area contributed by atoms with Gasteiger partial charge in [-0.3, -0.25) is 4.79 Å².